The lowest BCUT2D eigenvalue weighted by Gasteiger charge is -2.20. The highest BCUT2D eigenvalue weighted by Gasteiger charge is 2.24. The van der Waals surface area contributed by atoms with Gasteiger partial charge in [0.25, 0.3) is 5.91 Å². The van der Waals surface area contributed by atoms with Gasteiger partial charge in [-0.3, -0.25) is 9.59 Å². The summed E-state index contributed by atoms with van der Waals surface area (Å²) >= 11 is 0. The van der Waals surface area contributed by atoms with E-state index in [0.717, 1.165) is 25.7 Å². The molecule has 0 unspecified atom stereocenters. The number of rotatable bonds is 7. The standard InChI is InChI=1S/C23H30N4O4S/c1-26(2)23(29)18-7-9-20(10-8-18)25-22(28)17-24-19-11-13-21(14-12-19)32(30,31)27-15-5-3-4-6-16-27/h7-14,24H,3-6,15-17H2,1-2H3,(H,25,28). The fraction of sp³-hybridized carbons (Fsp3) is 0.391. The first-order chi connectivity index (χ1) is 15.3. The molecule has 2 N–H and O–H groups in total. The number of hydrogen-bond acceptors (Lipinski definition) is 5. The predicted molar refractivity (Wildman–Crippen MR) is 125 cm³/mol. The van der Waals surface area contributed by atoms with Crippen molar-refractivity contribution in [3.05, 3.63) is 54.1 Å². The quantitative estimate of drug-likeness (QED) is 0.665. The van der Waals surface area contributed by atoms with Crippen molar-refractivity contribution in [1.82, 2.24) is 9.21 Å². The van der Waals surface area contributed by atoms with Gasteiger partial charge in [-0.05, 0) is 61.4 Å². The summed E-state index contributed by atoms with van der Waals surface area (Å²) in [5.41, 5.74) is 1.79. The van der Waals surface area contributed by atoms with Crippen LogP contribution in [0.1, 0.15) is 36.0 Å². The Bertz CT molecular complexity index is 1030. The van der Waals surface area contributed by atoms with Crippen molar-refractivity contribution in [2.24, 2.45) is 0 Å². The van der Waals surface area contributed by atoms with E-state index >= 15 is 0 Å². The molecular formula is C23H30N4O4S. The van der Waals surface area contributed by atoms with Crippen LogP contribution in [0.2, 0.25) is 0 Å². The van der Waals surface area contributed by atoms with Gasteiger partial charge in [0.2, 0.25) is 15.9 Å². The van der Waals surface area contributed by atoms with Crippen LogP contribution >= 0.6 is 0 Å². The second kappa shape index (κ2) is 10.6. The first kappa shape index (κ1) is 23.7. The maximum atomic E-state index is 12.8. The number of amides is 2. The third-order valence-corrected chi connectivity index (χ3v) is 7.24. The van der Waals surface area contributed by atoms with Gasteiger partial charge in [-0.2, -0.15) is 4.31 Å². The number of hydrogen-bond donors (Lipinski definition) is 2. The zero-order chi connectivity index (χ0) is 23.1. The highest BCUT2D eigenvalue weighted by molar-refractivity contribution is 7.89. The molecule has 0 saturated carbocycles. The summed E-state index contributed by atoms with van der Waals surface area (Å²) in [6.45, 7) is 1.15. The Hall–Kier alpha value is -2.91. The number of carbonyl (C=O) groups is 2. The van der Waals surface area contributed by atoms with Crippen molar-refractivity contribution in [3.8, 4) is 0 Å². The van der Waals surface area contributed by atoms with Crippen LogP contribution in [0.5, 0.6) is 0 Å². The molecule has 172 valence electrons. The number of anilines is 2. The van der Waals surface area contributed by atoms with Gasteiger partial charge < -0.3 is 15.5 Å². The average molecular weight is 459 g/mol. The Morgan fingerprint density at radius 2 is 1.44 bits per heavy atom. The minimum Gasteiger partial charge on any atom is -0.376 e. The average Bonchev–Trinajstić information content (AvgIpc) is 3.08. The van der Waals surface area contributed by atoms with E-state index in [1.807, 2.05) is 0 Å². The van der Waals surface area contributed by atoms with Crippen molar-refractivity contribution < 1.29 is 18.0 Å². The zero-order valence-electron chi connectivity index (χ0n) is 18.5. The molecule has 0 radical (unpaired) electrons. The van der Waals surface area contributed by atoms with Crippen molar-refractivity contribution in [1.29, 1.82) is 0 Å². The molecule has 8 nitrogen and oxygen atoms in total. The summed E-state index contributed by atoms with van der Waals surface area (Å²) < 4.78 is 27.2. The highest BCUT2D eigenvalue weighted by atomic mass is 32.2. The Morgan fingerprint density at radius 1 is 0.875 bits per heavy atom. The monoisotopic (exact) mass is 458 g/mol. The van der Waals surface area contributed by atoms with Crippen molar-refractivity contribution in [2.45, 2.75) is 30.6 Å². The lowest BCUT2D eigenvalue weighted by Crippen LogP contribution is -2.31. The first-order valence-electron chi connectivity index (χ1n) is 10.7. The van der Waals surface area contributed by atoms with Crippen LogP contribution in [0.15, 0.2) is 53.4 Å². The van der Waals surface area contributed by atoms with Gasteiger partial charge in [-0.1, -0.05) is 12.8 Å². The topological polar surface area (TPSA) is 98.8 Å². The molecule has 2 aromatic rings. The summed E-state index contributed by atoms with van der Waals surface area (Å²) in [6.07, 6.45) is 3.91. The third-order valence-electron chi connectivity index (χ3n) is 5.33. The van der Waals surface area contributed by atoms with Crippen LogP contribution in [0.3, 0.4) is 0 Å². The first-order valence-corrected chi connectivity index (χ1v) is 12.2. The Labute approximate surface area is 189 Å². The number of sulfonamides is 1. The minimum atomic E-state index is -3.49. The van der Waals surface area contributed by atoms with Gasteiger partial charge in [-0.25, -0.2) is 8.42 Å². The number of nitrogens with one attached hydrogen (secondary N) is 2. The molecule has 0 bridgehead atoms. The smallest absolute Gasteiger partial charge is 0.253 e. The van der Waals surface area contributed by atoms with Gasteiger partial charge in [0, 0.05) is 44.1 Å². The third kappa shape index (κ3) is 6.08. The second-order valence-corrected chi connectivity index (χ2v) is 9.96. The molecule has 1 aliphatic heterocycles. The molecule has 1 aliphatic rings. The Balaban J connectivity index is 1.53. The maximum Gasteiger partial charge on any atom is 0.253 e. The van der Waals surface area contributed by atoms with Crippen molar-refractivity contribution >= 4 is 33.2 Å². The molecule has 0 aliphatic carbocycles. The van der Waals surface area contributed by atoms with Gasteiger partial charge in [0.15, 0.2) is 0 Å². The molecule has 1 heterocycles. The Morgan fingerprint density at radius 3 is 2.00 bits per heavy atom. The number of carbonyl (C=O) groups excluding carboxylic acids is 2. The molecule has 2 amide bonds. The normalized spacial score (nSPS) is 14.9. The van der Waals surface area contributed by atoms with Crippen LogP contribution < -0.4 is 10.6 Å². The van der Waals surface area contributed by atoms with E-state index in [1.165, 1.54) is 4.90 Å². The summed E-state index contributed by atoms with van der Waals surface area (Å²) in [5, 5.41) is 5.76. The van der Waals surface area contributed by atoms with Gasteiger partial charge in [0.05, 0.1) is 11.4 Å². The molecule has 9 heteroatoms. The molecule has 2 aromatic carbocycles. The van der Waals surface area contributed by atoms with E-state index < -0.39 is 10.0 Å². The van der Waals surface area contributed by atoms with Gasteiger partial charge in [0.1, 0.15) is 0 Å². The van der Waals surface area contributed by atoms with E-state index in [9.17, 15) is 18.0 Å². The van der Waals surface area contributed by atoms with E-state index in [2.05, 4.69) is 10.6 Å². The predicted octanol–water partition coefficient (Wildman–Crippen LogP) is 3.00. The molecular weight excluding hydrogens is 428 g/mol. The minimum absolute atomic E-state index is 0.0244. The van der Waals surface area contributed by atoms with Gasteiger partial charge in [-0.15, -0.1) is 0 Å². The van der Waals surface area contributed by atoms with Gasteiger partial charge >= 0.3 is 0 Å². The van der Waals surface area contributed by atoms with E-state index in [1.54, 1.807) is 66.9 Å². The molecule has 3 rings (SSSR count). The fourth-order valence-electron chi connectivity index (χ4n) is 3.52. The number of benzene rings is 2. The number of nitrogens with zero attached hydrogens (tertiary/aromatic N) is 2. The maximum absolute atomic E-state index is 12.8. The summed E-state index contributed by atoms with van der Waals surface area (Å²) in [7, 11) is -0.128. The molecule has 0 aromatic heterocycles. The molecule has 0 spiro atoms. The zero-order valence-corrected chi connectivity index (χ0v) is 19.3. The molecule has 1 fully saturated rings. The van der Waals surface area contributed by atoms with Crippen LogP contribution in [0, 0.1) is 0 Å². The molecule has 32 heavy (non-hydrogen) atoms. The lowest BCUT2D eigenvalue weighted by molar-refractivity contribution is -0.114. The molecule has 0 atom stereocenters. The summed E-state index contributed by atoms with van der Waals surface area (Å²) in [4.78, 5) is 25.9. The van der Waals surface area contributed by atoms with Crippen molar-refractivity contribution in [2.75, 3.05) is 44.4 Å². The lowest BCUT2D eigenvalue weighted by atomic mass is 10.2. The van der Waals surface area contributed by atoms with E-state index in [0.29, 0.717) is 30.0 Å². The molecule has 1 saturated heterocycles. The van der Waals surface area contributed by atoms with E-state index in [-0.39, 0.29) is 23.3 Å². The SMILES string of the molecule is CN(C)C(=O)c1ccc(NC(=O)CNc2ccc(S(=O)(=O)N3CCCCCC3)cc2)cc1. The second-order valence-electron chi connectivity index (χ2n) is 8.02. The van der Waals surface area contributed by atoms with Crippen LogP contribution in [-0.2, 0) is 14.8 Å². The fourth-order valence-corrected chi connectivity index (χ4v) is 5.03. The highest BCUT2D eigenvalue weighted by Crippen LogP contribution is 2.21. The Kier molecular flexibility index (Phi) is 7.87. The van der Waals surface area contributed by atoms with E-state index in [4.69, 9.17) is 0 Å². The van der Waals surface area contributed by atoms with Crippen LogP contribution in [0.25, 0.3) is 0 Å². The van der Waals surface area contributed by atoms with Crippen LogP contribution in [0.4, 0.5) is 11.4 Å². The van der Waals surface area contributed by atoms with Crippen molar-refractivity contribution in [3.63, 3.8) is 0 Å². The summed E-state index contributed by atoms with van der Waals surface area (Å²) in [6, 6.07) is 13.2. The van der Waals surface area contributed by atoms with Crippen LogP contribution in [-0.4, -0.2) is 63.2 Å². The summed E-state index contributed by atoms with van der Waals surface area (Å²) in [5.74, 6) is -0.358. The largest absolute Gasteiger partial charge is 0.376 e.